The number of unbranched alkanes of at least 4 members (excludes halogenated alkanes) is 2. The second kappa shape index (κ2) is 6.12. The van der Waals surface area contributed by atoms with Gasteiger partial charge >= 0.3 is 0 Å². The van der Waals surface area contributed by atoms with Crippen molar-refractivity contribution in [2.24, 2.45) is 0 Å². The fourth-order valence-electron chi connectivity index (χ4n) is 2.90. The molecular formula is C17H20N2O2. The van der Waals surface area contributed by atoms with Gasteiger partial charge in [0.05, 0.1) is 11.9 Å². The van der Waals surface area contributed by atoms with Crippen LogP contribution in [0, 0.1) is 0 Å². The van der Waals surface area contributed by atoms with E-state index in [9.17, 15) is 4.79 Å². The van der Waals surface area contributed by atoms with E-state index in [1.54, 1.807) is 12.5 Å². The predicted molar refractivity (Wildman–Crippen MR) is 80.6 cm³/mol. The molecule has 0 spiro atoms. The molecule has 2 aromatic rings. The Morgan fingerprint density at radius 3 is 2.90 bits per heavy atom. The summed E-state index contributed by atoms with van der Waals surface area (Å²) in [4.78, 5) is 16.9. The summed E-state index contributed by atoms with van der Waals surface area (Å²) in [5.74, 6) is 0.830. The summed E-state index contributed by atoms with van der Waals surface area (Å²) < 4.78 is 7.99. The zero-order valence-corrected chi connectivity index (χ0v) is 12.2. The molecule has 110 valence electrons. The minimum absolute atomic E-state index is 0.117. The Morgan fingerprint density at radius 1 is 1.29 bits per heavy atom. The Kier molecular flexibility index (Phi) is 4.04. The average molecular weight is 284 g/mol. The standard InChI is InChI=1S/C17H20N2O2/c1-2-3-4-9-15-16(19-11-10-18-12-19)17(20)13-7-5-6-8-14(13)21-15/h5-8,10-12,15-16H,2-4,9H2,1H3/t15-,16?/m1/s1. The Bertz CT molecular complexity index is 607. The zero-order valence-electron chi connectivity index (χ0n) is 12.2. The SMILES string of the molecule is CCCCC[C@H]1Oc2ccccc2C(=O)C1n1ccnc1. The van der Waals surface area contributed by atoms with E-state index in [-0.39, 0.29) is 17.9 Å². The van der Waals surface area contributed by atoms with Gasteiger partial charge in [0.2, 0.25) is 0 Å². The number of benzene rings is 1. The quantitative estimate of drug-likeness (QED) is 0.787. The Hall–Kier alpha value is -2.10. The fraction of sp³-hybridized carbons (Fsp3) is 0.412. The van der Waals surface area contributed by atoms with Crippen molar-refractivity contribution in [2.45, 2.75) is 44.8 Å². The third-order valence-electron chi connectivity index (χ3n) is 3.99. The second-order valence-corrected chi connectivity index (χ2v) is 5.47. The lowest BCUT2D eigenvalue weighted by atomic mass is 9.92. The van der Waals surface area contributed by atoms with Crippen molar-refractivity contribution in [3.8, 4) is 5.75 Å². The molecule has 1 aliphatic heterocycles. The van der Waals surface area contributed by atoms with Gasteiger partial charge in [-0.25, -0.2) is 4.98 Å². The number of rotatable bonds is 5. The van der Waals surface area contributed by atoms with Crippen molar-refractivity contribution >= 4 is 5.78 Å². The largest absolute Gasteiger partial charge is 0.487 e. The molecule has 2 atom stereocenters. The lowest BCUT2D eigenvalue weighted by Crippen LogP contribution is -2.39. The number of ether oxygens (including phenoxy) is 1. The van der Waals surface area contributed by atoms with Gasteiger partial charge in [-0.15, -0.1) is 0 Å². The Balaban J connectivity index is 1.91. The van der Waals surface area contributed by atoms with Gasteiger partial charge in [-0.2, -0.15) is 0 Å². The van der Waals surface area contributed by atoms with E-state index in [0.717, 1.165) is 25.7 Å². The van der Waals surface area contributed by atoms with Gasteiger partial charge in [0.1, 0.15) is 17.9 Å². The smallest absolute Gasteiger partial charge is 0.193 e. The maximum atomic E-state index is 12.8. The molecule has 0 N–H and O–H groups in total. The maximum Gasteiger partial charge on any atom is 0.193 e. The molecule has 0 amide bonds. The van der Waals surface area contributed by atoms with Crippen LogP contribution in [0.4, 0.5) is 0 Å². The van der Waals surface area contributed by atoms with Crippen molar-refractivity contribution in [3.05, 3.63) is 48.5 Å². The highest BCUT2D eigenvalue weighted by molar-refractivity contribution is 6.02. The van der Waals surface area contributed by atoms with Gasteiger partial charge in [-0.05, 0) is 25.0 Å². The van der Waals surface area contributed by atoms with Crippen LogP contribution in [-0.4, -0.2) is 21.4 Å². The number of imidazole rings is 1. The number of hydrogen-bond acceptors (Lipinski definition) is 3. The number of aromatic nitrogens is 2. The van der Waals surface area contributed by atoms with Crippen LogP contribution in [0.2, 0.25) is 0 Å². The van der Waals surface area contributed by atoms with Crippen LogP contribution in [0.5, 0.6) is 5.75 Å². The minimum atomic E-state index is -0.306. The molecule has 0 saturated heterocycles. The summed E-state index contributed by atoms with van der Waals surface area (Å²) in [7, 11) is 0. The summed E-state index contributed by atoms with van der Waals surface area (Å²) >= 11 is 0. The molecule has 21 heavy (non-hydrogen) atoms. The van der Waals surface area contributed by atoms with Crippen LogP contribution in [0.15, 0.2) is 43.0 Å². The molecule has 1 unspecified atom stereocenters. The van der Waals surface area contributed by atoms with E-state index >= 15 is 0 Å². The molecule has 0 saturated carbocycles. The van der Waals surface area contributed by atoms with E-state index in [2.05, 4.69) is 11.9 Å². The van der Waals surface area contributed by atoms with Gasteiger partial charge < -0.3 is 9.30 Å². The molecule has 0 bridgehead atoms. The number of nitrogens with zero attached hydrogens (tertiary/aromatic N) is 2. The first-order chi connectivity index (χ1) is 10.3. The van der Waals surface area contributed by atoms with E-state index in [1.165, 1.54) is 0 Å². The molecular weight excluding hydrogens is 264 g/mol. The molecule has 4 nitrogen and oxygen atoms in total. The Morgan fingerprint density at radius 2 is 2.14 bits per heavy atom. The number of fused-ring (bicyclic) bond motifs is 1. The number of carbonyl (C=O) groups excluding carboxylic acids is 1. The van der Waals surface area contributed by atoms with Crippen LogP contribution >= 0.6 is 0 Å². The maximum absolute atomic E-state index is 12.8. The fourth-order valence-corrected chi connectivity index (χ4v) is 2.90. The van der Waals surface area contributed by atoms with Crippen LogP contribution in [0.3, 0.4) is 0 Å². The molecule has 1 aliphatic rings. The Labute approximate surface area is 124 Å². The molecule has 4 heteroatoms. The normalized spacial score (nSPS) is 20.9. The topological polar surface area (TPSA) is 44.1 Å². The zero-order chi connectivity index (χ0) is 14.7. The van der Waals surface area contributed by atoms with Crippen LogP contribution in [0.1, 0.15) is 49.0 Å². The van der Waals surface area contributed by atoms with Crippen molar-refractivity contribution in [1.82, 2.24) is 9.55 Å². The van der Waals surface area contributed by atoms with Crippen LogP contribution in [0.25, 0.3) is 0 Å². The third-order valence-corrected chi connectivity index (χ3v) is 3.99. The van der Waals surface area contributed by atoms with Gasteiger partial charge in [0.15, 0.2) is 5.78 Å². The number of hydrogen-bond donors (Lipinski definition) is 0. The van der Waals surface area contributed by atoms with Gasteiger partial charge in [-0.3, -0.25) is 4.79 Å². The lowest BCUT2D eigenvalue weighted by molar-refractivity contribution is 0.0651. The molecule has 0 aliphatic carbocycles. The minimum Gasteiger partial charge on any atom is -0.487 e. The van der Waals surface area contributed by atoms with Crippen molar-refractivity contribution < 1.29 is 9.53 Å². The monoisotopic (exact) mass is 284 g/mol. The van der Waals surface area contributed by atoms with E-state index in [4.69, 9.17) is 4.74 Å². The van der Waals surface area contributed by atoms with Crippen LogP contribution in [-0.2, 0) is 0 Å². The van der Waals surface area contributed by atoms with Crippen molar-refractivity contribution in [1.29, 1.82) is 0 Å². The first kappa shape index (κ1) is 13.9. The summed E-state index contributed by atoms with van der Waals surface area (Å²) in [5, 5.41) is 0. The van der Waals surface area contributed by atoms with E-state index in [1.807, 2.05) is 35.0 Å². The number of Topliss-reactive ketones (excluding diaryl/α,β-unsaturated/α-hetero) is 1. The van der Waals surface area contributed by atoms with Crippen molar-refractivity contribution in [3.63, 3.8) is 0 Å². The van der Waals surface area contributed by atoms with Crippen molar-refractivity contribution in [2.75, 3.05) is 0 Å². The predicted octanol–water partition coefficient (Wildman–Crippen LogP) is 3.65. The summed E-state index contributed by atoms with van der Waals surface area (Å²) in [6.07, 6.45) is 9.40. The number of ketones is 1. The van der Waals surface area contributed by atoms with Gasteiger partial charge in [-0.1, -0.05) is 31.9 Å². The summed E-state index contributed by atoms with van der Waals surface area (Å²) in [6.45, 7) is 2.18. The molecule has 0 radical (unpaired) electrons. The average Bonchev–Trinajstić information content (AvgIpc) is 3.02. The third kappa shape index (κ3) is 2.71. The van der Waals surface area contributed by atoms with E-state index < -0.39 is 0 Å². The lowest BCUT2D eigenvalue weighted by Gasteiger charge is -2.33. The molecule has 1 aromatic carbocycles. The van der Waals surface area contributed by atoms with Gasteiger partial charge in [0.25, 0.3) is 0 Å². The van der Waals surface area contributed by atoms with E-state index in [0.29, 0.717) is 11.3 Å². The highest BCUT2D eigenvalue weighted by atomic mass is 16.5. The molecule has 2 heterocycles. The first-order valence-corrected chi connectivity index (χ1v) is 7.58. The summed E-state index contributed by atoms with van der Waals surface area (Å²) in [6, 6.07) is 7.20. The molecule has 3 rings (SSSR count). The highest BCUT2D eigenvalue weighted by Gasteiger charge is 2.37. The molecule has 0 fully saturated rings. The van der Waals surface area contributed by atoms with Crippen LogP contribution < -0.4 is 4.74 Å². The molecule has 1 aromatic heterocycles. The highest BCUT2D eigenvalue weighted by Crippen LogP contribution is 2.35. The second-order valence-electron chi connectivity index (χ2n) is 5.47. The van der Waals surface area contributed by atoms with Gasteiger partial charge in [0, 0.05) is 12.4 Å². The summed E-state index contributed by atoms with van der Waals surface area (Å²) in [5.41, 5.74) is 0.669. The number of para-hydroxylation sites is 1. The first-order valence-electron chi connectivity index (χ1n) is 7.58. The number of carbonyl (C=O) groups is 1.